The van der Waals surface area contributed by atoms with Crippen molar-refractivity contribution in [2.45, 2.75) is 11.2 Å². The molecule has 6 aromatic carbocycles. The molecule has 8 heteroatoms. The molecule has 2 N–H and O–H groups in total. The van der Waals surface area contributed by atoms with Crippen molar-refractivity contribution in [2.24, 2.45) is 0 Å². The van der Waals surface area contributed by atoms with Crippen molar-refractivity contribution in [1.29, 1.82) is 0 Å². The fourth-order valence-corrected chi connectivity index (χ4v) is 7.89. The molecular weight excluding hydrogens is 652 g/mol. The summed E-state index contributed by atoms with van der Waals surface area (Å²) in [4.78, 5) is 4.21. The maximum atomic E-state index is 13.1. The lowest BCUT2D eigenvalue weighted by Gasteiger charge is -2.42. The van der Waals surface area contributed by atoms with Crippen LogP contribution in [0.4, 0.5) is 22.7 Å². The number of hydrogen-bond donors (Lipinski definition) is 2. The Morgan fingerprint density at radius 2 is 0.769 bits per heavy atom. The maximum absolute atomic E-state index is 13.1. The number of nitrogens with zero attached hydrogens (tertiary/aromatic N) is 2. The summed E-state index contributed by atoms with van der Waals surface area (Å²) in [5.74, 6) is 1.03. The Hall–Kier alpha value is -5.64. The van der Waals surface area contributed by atoms with Gasteiger partial charge in [-0.05, 0) is 59.7 Å². The molecule has 0 atom stereocenters. The normalized spacial score (nSPS) is 14.9. The molecule has 0 saturated carbocycles. The molecule has 262 valence electrons. The van der Waals surface area contributed by atoms with Crippen molar-refractivity contribution in [3.05, 3.63) is 167 Å². The van der Waals surface area contributed by atoms with Crippen molar-refractivity contribution < 1.29 is 29.2 Å². The number of hydrogen-bond acceptors (Lipinski definition) is 8. The van der Waals surface area contributed by atoms with Crippen molar-refractivity contribution >= 4 is 22.7 Å². The van der Waals surface area contributed by atoms with E-state index in [1.165, 1.54) is 0 Å². The molecule has 2 heterocycles. The van der Waals surface area contributed by atoms with Crippen LogP contribution in [0.25, 0.3) is 11.1 Å². The van der Waals surface area contributed by atoms with E-state index in [0.29, 0.717) is 33.8 Å². The minimum absolute atomic E-state index is 0.00193. The first-order valence-electron chi connectivity index (χ1n) is 17.2. The summed E-state index contributed by atoms with van der Waals surface area (Å²) in [6.45, 7) is -0.00387. The average molecular weight is 693 g/mol. The Morgan fingerprint density at radius 1 is 0.462 bits per heavy atom. The summed E-state index contributed by atoms with van der Waals surface area (Å²) in [5, 5.41) is 26.1. The number of ether oxygens (including phenoxy) is 4. The summed E-state index contributed by atoms with van der Waals surface area (Å²) in [6.07, 6.45) is 0. The minimum atomic E-state index is -1.51. The lowest BCUT2D eigenvalue weighted by molar-refractivity contribution is 0.0499. The molecule has 0 amide bonds. The van der Waals surface area contributed by atoms with Crippen LogP contribution in [0.3, 0.4) is 0 Å². The molecule has 8 nitrogen and oxygen atoms in total. The van der Waals surface area contributed by atoms with E-state index in [1.807, 2.05) is 148 Å². The maximum Gasteiger partial charge on any atom is 0.188 e. The lowest BCUT2D eigenvalue weighted by atomic mass is 9.74. The van der Waals surface area contributed by atoms with Gasteiger partial charge in [-0.1, -0.05) is 84.9 Å². The van der Waals surface area contributed by atoms with Crippen LogP contribution in [0, 0.1) is 0 Å². The molecular formula is C44H40N2O6. The predicted octanol–water partition coefficient (Wildman–Crippen LogP) is 8.05. The summed E-state index contributed by atoms with van der Waals surface area (Å²) in [5.41, 5.74) is 6.16. The molecule has 8 rings (SSSR count). The van der Waals surface area contributed by atoms with Gasteiger partial charge in [-0.15, -0.1) is 0 Å². The Kier molecular flexibility index (Phi) is 8.48. The van der Waals surface area contributed by atoms with E-state index in [0.717, 1.165) is 45.0 Å². The molecule has 2 aliphatic rings. The average Bonchev–Trinajstić information content (AvgIpc) is 3.20. The third-order valence-electron chi connectivity index (χ3n) is 10.4. The second-order valence-electron chi connectivity index (χ2n) is 13.1. The predicted molar refractivity (Wildman–Crippen MR) is 203 cm³/mol. The third kappa shape index (κ3) is 5.06. The van der Waals surface area contributed by atoms with Gasteiger partial charge in [0.1, 0.15) is 22.7 Å². The van der Waals surface area contributed by atoms with Gasteiger partial charge in [0.2, 0.25) is 0 Å². The Bertz CT molecular complexity index is 2030. The standard InChI is InChI=1S/C44H40N2O6/c1-45-37-17-9-5-13-33(37)43(47,34-14-6-10-18-38(34)45)29-21-23-41(51-27-49-3)31(25-29)32-26-30(22-24-42(32)52-28-50-4)44(48)35-15-7-11-19-39(35)46(2)40-20-12-8-16-36(40)44/h5-26,47-48H,27-28H2,1-4H3. The first kappa shape index (κ1) is 33.5. The topological polar surface area (TPSA) is 83.9 Å². The molecule has 6 aromatic rings. The summed E-state index contributed by atoms with van der Waals surface area (Å²) >= 11 is 0. The van der Waals surface area contributed by atoms with Gasteiger partial charge in [-0.3, -0.25) is 0 Å². The largest absolute Gasteiger partial charge is 0.467 e. The molecule has 0 unspecified atom stereocenters. The molecule has 0 radical (unpaired) electrons. The number of anilines is 4. The van der Waals surface area contributed by atoms with E-state index in [2.05, 4.69) is 9.80 Å². The van der Waals surface area contributed by atoms with Crippen molar-refractivity contribution in [2.75, 3.05) is 51.7 Å². The van der Waals surface area contributed by atoms with Gasteiger partial charge in [0.05, 0.1) is 0 Å². The zero-order chi connectivity index (χ0) is 36.0. The van der Waals surface area contributed by atoms with E-state index >= 15 is 0 Å². The molecule has 2 aliphatic heterocycles. The van der Waals surface area contributed by atoms with Crippen LogP contribution in [0.15, 0.2) is 133 Å². The van der Waals surface area contributed by atoms with Gasteiger partial charge in [0.15, 0.2) is 13.6 Å². The Balaban J connectivity index is 1.38. The molecule has 0 fully saturated rings. The van der Waals surface area contributed by atoms with Crippen LogP contribution in [0.5, 0.6) is 11.5 Å². The quantitative estimate of drug-likeness (QED) is 0.147. The Labute approximate surface area is 303 Å². The number of methoxy groups -OCH3 is 2. The summed E-state index contributed by atoms with van der Waals surface area (Å²) in [6, 6.07) is 43.0. The highest BCUT2D eigenvalue weighted by atomic mass is 16.7. The van der Waals surface area contributed by atoms with E-state index in [1.54, 1.807) is 14.2 Å². The smallest absolute Gasteiger partial charge is 0.188 e. The third-order valence-corrected chi connectivity index (χ3v) is 10.4. The molecule has 0 aromatic heterocycles. The second-order valence-corrected chi connectivity index (χ2v) is 13.1. The van der Waals surface area contributed by atoms with Crippen molar-refractivity contribution in [3.63, 3.8) is 0 Å². The molecule has 0 spiro atoms. The SMILES string of the molecule is COCOc1ccc(C2(O)c3ccccc3N(C)c3ccccc32)cc1-c1cc(C2(O)c3ccccc3N(C)c3ccccc32)ccc1OCOC. The van der Waals surface area contributed by atoms with Gasteiger partial charge < -0.3 is 39.0 Å². The monoisotopic (exact) mass is 692 g/mol. The highest BCUT2D eigenvalue weighted by molar-refractivity contribution is 5.84. The van der Waals surface area contributed by atoms with Crippen LogP contribution < -0.4 is 19.3 Å². The molecule has 0 bridgehead atoms. The minimum Gasteiger partial charge on any atom is -0.467 e. The number of fused-ring (bicyclic) bond motifs is 4. The first-order valence-corrected chi connectivity index (χ1v) is 17.2. The van der Waals surface area contributed by atoms with Crippen LogP contribution in [0.2, 0.25) is 0 Å². The van der Waals surface area contributed by atoms with Crippen LogP contribution in [-0.4, -0.2) is 52.1 Å². The zero-order valence-corrected chi connectivity index (χ0v) is 29.5. The first-order chi connectivity index (χ1) is 25.3. The van der Waals surface area contributed by atoms with Gasteiger partial charge >= 0.3 is 0 Å². The van der Waals surface area contributed by atoms with Crippen molar-refractivity contribution in [1.82, 2.24) is 0 Å². The Morgan fingerprint density at radius 3 is 1.08 bits per heavy atom. The van der Waals surface area contributed by atoms with E-state index < -0.39 is 11.2 Å². The van der Waals surface area contributed by atoms with Gasteiger partial charge in [-0.25, -0.2) is 0 Å². The molecule has 0 aliphatic carbocycles. The zero-order valence-electron chi connectivity index (χ0n) is 29.5. The van der Waals surface area contributed by atoms with Gasteiger partial charge in [0, 0.05) is 84.4 Å². The fourth-order valence-electron chi connectivity index (χ4n) is 7.89. The fraction of sp³-hybridized carbons (Fsp3) is 0.182. The highest BCUT2D eigenvalue weighted by Crippen LogP contribution is 2.54. The highest BCUT2D eigenvalue weighted by Gasteiger charge is 2.44. The van der Waals surface area contributed by atoms with Crippen molar-refractivity contribution in [3.8, 4) is 22.6 Å². The summed E-state index contributed by atoms with van der Waals surface area (Å²) in [7, 11) is 7.17. The van der Waals surface area contributed by atoms with E-state index in [9.17, 15) is 10.2 Å². The lowest BCUT2D eigenvalue weighted by Crippen LogP contribution is -2.36. The van der Waals surface area contributed by atoms with Gasteiger partial charge in [0.25, 0.3) is 0 Å². The van der Waals surface area contributed by atoms with Gasteiger partial charge in [-0.2, -0.15) is 0 Å². The molecule has 52 heavy (non-hydrogen) atoms. The number of rotatable bonds is 9. The second kappa shape index (κ2) is 13.2. The molecule has 0 saturated heterocycles. The van der Waals surface area contributed by atoms with Crippen LogP contribution in [-0.2, 0) is 20.7 Å². The van der Waals surface area contributed by atoms with Crippen LogP contribution in [0.1, 0.15) is 33.4 Å². The van der Waals surface area contributed by atoms with Crippen LogP contribution >= 0.6 is 0 Å². The van der Waals surface area contributed by atoms with E-state index in [4.69, 9.17) is 18.9 Å². The summed E-state index contributed by atoms with van der Waals surface area (Å²) < 4.78 is 23.1. The number of aliphatic hydroxyl groups is 2. The van der Waals surface area contributed by atoms with E-state index in [-0.39, 0.29) is 13.6 Å². The number of benzene rings is 6. The number of para-hydroxylation sites is 4.